The average Bonchev–Trinajstić information content (AvgIpc) is 2.83. The van der Waals surface area contributed by atoms with E-state index < -0.39 is 17.7 Å². The van der Waals surface area contributed by atoms with Crippen LogP contribution in [0.1, 0.15) is 28.5 Å². The summed E-state index contributed by atoms with van der Waals surface area (Å²) in [6, 6.07) is 1.34. The van der Waals surface area contributed by atoms with Gasteiger partial charge in [-0.2, -0.15) is 18.3 Å². The van der Waals surface area contributed by atoms with E-state index in [-0.39, 0.29) is 39.4 Å². The first kappa shape index (κ1) is 19.0. The summed E-state index contributed by atoms with van der Waals surface area (Å²) in [6.45, 7) is 1.65. The molecule has 0 aliphatic heterocycles. The molecule has 10 heteroatoms. The molecular weight excluding hydrogens is 382 g/mol. The maximum Gasteiger partial charge on any atom is 0.416 e. The Labute approximate surface area is 150 Å². The van der Waals surface area contributed by atoms with Gasteiger partial charge in [0, 0.05) is 0 Å². The van der Waals surface area contributed by atoms with Gasteiger partial charge in [0.1, 0.15) is 17.1 Å². The Balaban J connectivity index is 2.68. The smallest absolute Gasteiger partial charge is 0.416 e. The molecule has 0 fully saturated rings. The van der Waals surface area contributed by atoms with E-state index in [0.29, 0.717) is 12.1 Å². The molecule has 5 nitrogen and oxygen atoms in total. The molecule has 0 aliphatic carbocycles. The quantitative estimate of drug-likeness (QED) is 0.635. The SMILES string of the molecule is C#Cc1c(C(=O)OCC)nn(-c2c(Cl)cc(C(F)(F)F)cc2Cl)c1N. The predicted molar refractivity (Wildman–Crippen MR) is 86.9 cm³/mol. The molecule has 1 aromatic carbocycles. The Bertz CT molecular complexity index is 862. The molecule has 0 saturated carbocycles. The summed E-state index contributed by atoms with van der Waals surface area (Å²) in [5, 5.41) is 3.17. The molecule has 1 heterocycles. The number of hydrogen-bond acceptors (Lipinski definition) is 4. The van der Waals surface area contributed by atoms with Crippen molar-refractivity contribution in [2.45, 2.75) is 13.1 Å². The van der Waals surface area contributed by atoms with Crippen LogP contribution in [0.5, 0.6) is 0 Å². The minimum atomic E-state index is -4.64. The predicted octanol–water partition coefficient (Wildman–Crippen LogP) is 3.94. The van der Waals surface area contributed by atoms with E-state index in [1.807, 2.05) is 0 Å². The maximum atomic E-state index is 12.8. The second-order valence-corrected chi connectivity index (χ2v) is 5.49. The van der Waals surface area contributed by atoms with Crippen LogP contribution < -0.4 is 5.73 Å². The first-order chi connectivity index (χ1) is 11.6. The van der Waals surface area contributed by atoms with Gasteiger partial charge in [-0.05, 0) is 19.1 Å². The van der Waals surface area contributed by atoms with E-state index >= 15 is 0 Å². The number of halogens is 5. The molecule has 0 bridgehead atoms. The third-order valence-corrected chi connectivity index (χ3v) is 3.67. The molecule has 132 valence electrons. The third kappa shape index (κ3) is 3.52. The van der Waals surface area contributed by atoms with Crippen molar-refractivity contribution in [2.75, 3.05) is 12.3 Å². The molecule has 0 radical (unpaired) electrons. The fourth-order valence-corrected chi connectivity index (χ4v) is 2.66. The second-order valence-electron chi connectivity index (χ2n) is 4.67. The highest BCUT2D eigenvalue weighted by atomic mass is 35.5. The van der Waals surface area contributed by atoms with Crippen LogP contribution in [-0.2, 0) is 10.9 Å². The van der Waals surface area contributed by atoms with E-state index in [4.69, 9.17) is 40.1 Å². The Morgan fingerprint density at radius 1 is 1.40 bits per heavy atom. The molecular formula is C15H10Cl2F3N3O2. The summed E-state index contributed by atoms with van der Waals surface area (Å²) >= 11 is 11.8. The molecule has 2 N–H and O–H groups in total. The van der Waals surface area contributed by atoms with Gasteiger partial charge in [0.15, 0.2) is 5.69 Å². The number of carbonyl (C=O) groups is 1. The zero-order valence-corrected chi connectivity index (χ0v) is 14.1. The highest BCUT2D eigenvalue weighted by Gasteiger charge is 2.33. The maximum absolute atomic E-state index is 12.8. The van der Waals surface area contributed by atoms with Crippen LogP contribution >= 0.6 is 23.2 Å². The van der Waals surface area contributed by atoms with Crippen molar-refractivity contribution in [3.05, 3.63) is 39.0 Å². The number of rotatable bonds is 3. The lowest BCUT2D eigenvalue weighted by atomic mass is 10.2. The monoisotopic (exact) mass is 391 g/mol. The number of ether oxygens (including phenoxy) is 1. The minimum absolute atomic E-state index is 0.0669. The number of nitrogen functional groups attached to an aromatic ring is 1. The number of benzene rings is 1. The number of anilines is 1. The second kappa shape index (κ2) is 6.86. The standard InChI is InChI=1S/C15H10Cl2F3N3O2/c1-3-8-11(14(24)25-4-2)22-23(13(8)21)12-9(16)5-7(6-10(12)17)15(18,19)20/h1,5-6H,4,21H2,2H3. The summed E-state index contributed by atoms with van der Waals surface area (Å²) in [6.07, 6.45) is 0.691. The lowest BCUT2D eigenvalue weighted by Gasteiger charge is -2.13. The number of nitrogens with zero attached hydrogens (tertiary/aromatic N) is 2. The molecule has 0 saturated heterocycles. The molecule has 0 aliphatic rings. The van der Waals surface area contributed by atoms with Gasteiger partial charge in [0.05, 0.1) is 22.2 Å². The third-order valence-electron chi connectivity index (χ3n) is 3.09. The van der Waals surface area contributed by atoms with Crippen molar-refractivity contribution in [2.24, 2.45) is 0 Å². The highest BCUT2D eigenvalue weighted by molar-refractivity contribution is 6.38. The average molecular weight is 392 g/mol. The van der Waals surface area contributed by atoms with Gasteiger partial charge in [-0.1, -0.05) is 29.1 Å². The van der Waals surface area contributed by atoms with E-state index in [9.17, 15) is 18.0 Å². The Hall–Kier alpha value is -2.37. The molecule has 2 aromatic rings. The first-order valence-electron chi connectivity index (χ1n) is 6.70. The van der Waals surface area contributed by atoms with Crippen LogP contribution in [0.2, 0.25) is 10.0 Å². The van der Waals surface area contributed by atoms with Gasteiger partial charge in [0.25, 0.3) is 0 Å². The van der Waals surface area contributed by atoms with Gasteiger partial charge < -0.3 is 10.5 Å². The molecule has 25 heavy (non-hydrogen) atoms. The molecule has 0 spiro atoms. The van der Waals surface area contributed by atoms with Crippen molar-refractivity contribution in [3.63, 3.8) is 0 Å². The summed E-state index contributed by atoms with van der Waals surface area (Å²) in [5.41, 5.74) is 4.33. The summed E-state index contributed by atoms with van der Waals surface area (Å²) in [4.78, 5) is 11.9. The number of aromatic nitrogens is 2. The zero-order valence-electron chi connectivity index (χ0n) is 12.6. The van der Waals surface area contributed by atoms with Crippen molar-refractivity contribution in [1.82, 2.24) is 9.78 Å². The molecule has 2 rings (SSSR count). The molecule has 0 amide bonds. The van der Waals surface area contributed by atoms with E-state index in [1.54, 1.807) is 6.92 Å². The van der Waals surface area contributed by atoms with Gasteiger partial charge in [-0.15, -0.1) is 6.42 Å². The van der Waals surface area contributed by atoms with Crippen molar-refractivity contribution < 1.29 is 22.7 Å². The van der Waals surface area contributed by atoms with Crippen LogP contribution in [-0.4, -0.2) is 22.4 Å². The van der Waals surface area contributed by atoms with Crippen molar-refractivity contribution in [3.8, 4) is 18.0 Å². The number of terminal acetylenes is 1. The Kier molecular flexibility index (Phi) is 5.20. The number of nitrogens with two attached hydrogens (primary N) is 1. The largest absolute Gasteiger partial charge is 0.461 e. The lowest BCUT2D eigenvalue weighted by Crippen LogP contribution is -2.10. The van der Waals surface area contributed by atoms with Crippen molar-refractivity contribution >= 4 is 35.0 Å². The van der Waals surface area contributed by atoms with Crippen molar-refractivity contribution in [1.29, 1.82) is 0 Å². The minimum Gasteiger partial charge on any atom is -0.461 e. The molecule has 1 aromatic heterocycles. The van der Waals surface area contributed by atoms with Crippen LogP contribution in [0.25, 0.3) is 5.69 Å². The summed E-state index contributed by atoms with van der Waals surface area (Å²) in [5.74, 6) is 1.17. The molecule has 0 atom stereocenters. The van der Waals surface area contributed by atoms with E-state index in [1.165, 1.54) is 0 Å². The van der Waals surface area contributed by atoms with Crippen LogP contribution in [0.15, 0.2) is 12.1 Å². The van der Waals surface area contributed by atoms with E-state index in [2.05, 4.69) is 11.0 Å². The van der Waals surface area contributed by atoms with Crippen LogP contribution in [0, 0.1) is 12.3 Å². The summed E-state index contributed by atoms with van der Waals surface area (Å²) in [7, 11) is 0. The van der Waals surface area contributed by atoms with Crippen LogP contribution in [0.4, 0.5) is 19.0 Å². The normalized spacial score (nSPS) is 11.2. The van der Waals surface area contributed by atoms with Gasteiger partial charge in [-0.25, -0.2) is 9.48 Å². The van der Waals surface area contributed by atoms with Crippen LogP contribution in [0.3, 0.4) is 0 Å². The van der Waals surface area contributed by atoms with E-state index in [0.717, 1.165) is 4.68 Å². The van der Waals surface area contributed by atoms with Gasteiger partial charge in [-0.3, -0.25) is 0 Å². The zero-order chi connectivity index (χ0) is 18.9. The van der Waals surface area contributed by atoms with Gasteiger partial charge in [0.2, 0.25) is 0 Å². The topological polar surface area (TPSA) is 70.1 Å². The van der Waals surface area contributed by atoms with Gasteiger partial charge >= 0.3 is 12.1 Å². The number of carbonyl (C=O) groups excluding carboxylic acids is 1. The highest BCUT2D eigenvalue weighted by Crippen LogP contribution is 2.38. The Morgan fingerprint density at radius 3 is 2.40 bits per heavy atom. The summed E-state index contributed by atoms with van der Waals surface area (Å²) < 4.78 is 44.2. The number of hydrogen-bond donors (Lipinski definition) is 1. The number of esters is 1. The fraction of sp³-hybridized carbons (Fsp3) is 0.200. The first-order valence-corrected chi connectivity index (χ1v) is 7.46. The lowest BCUT2D eigenvalue weighted by molar-refractivity contribution is -0.137. The molecule has 0 unspecified atom stereocenters. The fourth-order valence-electron chi connectivity index (χ4n) is 2.02. The Morgan fingerprint density at radius 2 is 1.96 bits per heavy atom. The number of alkyl halides is 3.